The minimum Gasteiger partial charge on any atom is -0.491 e. The van der Waals surface area contributed by atoms with E-state index in [1.807, 2.05) is 31.2 Å². The Labute approximate surface area is 101 Å². The van der Waals surface area contributed by atoms with E-state index < -0.39 is 6.10 Å². The molecule has 1 aromatic rings. The number of epoxide rings is 1. The van der Waals surface area contributed by atoms with Gasteiger partial charge in [0.1, 0.15) is 24.6 Å². The van der Waals surface area contributed by atoms with Crippen LogP contribution in [0.15, 0.2) is 24.3 Å². The van der Waals surface area contributed by atoms with Gasteiger partial charge in [0.15, 0.2) is 0 Å². The van der Waals surface area contributed by atoms with E-state index in [1.165, 1.54) is 0 Å². The molecule has 0 radical (unpaired) electrons. The Kier molecular flexibility index (Phi) is 4.36. The summed E-state index contributed by atoms with van der Waals surface area (Å²) in [6.45, 7) is 3.86. The summed E-state index contributed by atoms with van der Waals surface area (Å²) >= 11 is 0. The number of aryl methyl sites for hydroxylation is 1. The second-order valence-corrected chi connectivity index (χ2v) is 4.27. The van der Waals surface area contributed by atoms with E-state index in [9.17, 15) is 5.11 Å². The molecule has 0 spiro atoms. The van der Waals surface area contributed by atoms with Gasteiger partial charge in [-0.2, -0.15) is 0 Å². The van der Waals surface area contributed by atoms with Crippen LogP contribution in [0.5, 0.6) is 5.75 Å². The Morgan fingerprint density at radius 3 is 3.00 bits per heavy atom. The van der Waals surface area contributed by atoms with Crippen LogP contribution in [0, 0.1) is 6.92 Å². The lowest BCUT2D eigenvalue weighted by Gasteiger charge is -2.12. The Balaban J connectivity index is 1.62. The predicted molar refractivity (Wildman–Crippen MR) is 63.2 cm³/mol. The van der Waals surface area contributed by atoms with Crippen LogP contribution in [0.2, 0.25) is 0 Å². The van der Waals surface area contributed by atoms with Crippen molar-refractivity contribution in [3.8, 4) is 5.75 Å². The summed E-state index contributed by atoms with van der Waals surface area (Å²) in [5.74, 6) is 0.773. The number of aliphatic hydroxyl groups is 1. The maximum absolute atomic E-state index is 9.62. The maximum Gasteiger partial charge on any atom is 0.119 e. The van der Waals surface area contributed by atoms with Crippen LogP contribution in [0.3, 0.4) is 0 Å². The monoisotopic (exact) mass is 238 g/mol. The summed E-state index contributed by atoms with van der Waals surface area (Å²) in [5.41, 5.74) is 1.14. The zero-order chi connectivity index (χ0) is 12.1. The highest BCUT2D eigenvalue weighted by atomic mass is 16.6. The van der Waals surface area contributed by atoms with Crippen LogP contribution in [-0.4, -0.2) is 43.7 Å². The Bertz CT molecular complexity index is 349. The number of aliphatic hydroxyl groups excluding tert-OH is 1. The van der Waals surface area contributed by atoms with Crippen molar-refractivity contribution in [2.24, 2.45) is 0 Å². The Hall–Kier alpha value is -1.10. The van der Waals surface area contributed by atoms with E-state index in [0.29, 0.717) is 6.61 Å². The van der Waals surface area contributed by atoms with Crippen molar-refractivity contribution in [3.63, 3.8) is 0 Å². The second kappa shape index (κ2) is 6.00. The molecule has 2 unspecified atom stereocenters. The third-order valence-electron chi connectivity index (χ3n) is 2.45. The third kappa shape index (κ3) is 4.73. The Morgan fingerprint density at radius 1 is 1.47 bits per heavy atom. The van der Waals surface area contributed by atoms with E-state index in [2.05, 4.69) is 0 Å². The highest BCUT2D eigenvalue weighted by Gasteiger charge is 2.22. The molecular formula is C13H18O4. The summed E-state index contributed by atoms with van der Waals surface area (Å²) in [6.07, 6.45) is -0.367. The summed E-state index contributed by atoms with van der Waals surface area (Å²) in [5, 5.41) is 9.62. The van der Waals surface area contributed by atoms with Gasteiger partial charge >= 0.3 is 0 Å². The van der Waals surface area contributed by atoms with Gasteiger partial charge in [0.05, 0.1) is 19.8 Å². The van der Waals surface area contributed by atoms with Crippen molar-refractivity contribution in [2.75, 3.05) is 26.4 Å². The highest BCUT2D eigenvalue weighted by Crippen LogP contribution is 2.13. The molecule has 0 amide bonds. The van der Waals surface area contributed by atoms with Gasteiger partial charge in [-0.1, -0.05) is 12.1 Å². The van der Waals surface area contributed by atoms with E-state index in [4.69, 9.17) is 14.2 Å². The maximum atomic E-state index is 9.62. The number of rotatable bonds is 7. The molecule has 94 valence electrons. The zero-order valence-electron chi connectivity index (χ0n) is 9.96. The molecule has 0 bridgehead atoms. The Morgan fingerprint density at radius 2 is 2.29 bits per heavy atom. The van der Waals surface area contributed by atoms with E-state index >= 15 is 0 Å². The first-order chi connectivity index (χ1) is 8.24. The van der Waals surface area contributed by atoms with Crippen molar-refractivity contribution < 1.29 is 19.3 Å². The first kappa shape index (κ1) is 12.4. The molecule has 2 atom stereocenters. The fourth-order valence-electron chi connectivity index (χ4n) is 1.45. The molecule has 4 heteroatoms. The zero-order valence-corrected chi connectivity index (χ0v) is 9.96. The molecule has 1 saturated heterocycles. The first-order valence-corrected chi connectivity index (χ1v) is 5.81. The average molecular weight is 238 g/mol. The predicted octanol–water partition coefficient (Wildman–Crippen LogP) is 1.15. The molecule has 0 aliphatic carbocycles. The smallest absolute Gasteiger partial charge is 0.119 e. The summed E-state index contributed by atoms with van der Waals surface area (Å²) < 4.78 is 15.7. The van der Waals surface area contributed by atoms with Gasteiger partial charge in [-0.25, -0.2) is 0 Å². The quantitative estimate of drug-likeness (QED) is 0.724. The van der Waals surface area contributed by atoms with Crippen LogP contribution in [-0.2, 0) is 9.47 Å². The largest absolute Gasteiger partial charge is 0.491 e. The van der Waals surface area contributed by atoms with Crippen molar-refractivity contribution in [1.82, 2.24) is 0 Å². The molecule has 1 aliphatic rings. The number of hydrogen-bond acceptors (Lipinski definition) is 4. The van der Waals surface area contributed by atoms with Crippen molar-refractivity contribution in [1.29, 1.82) is 0 Å². The minimum absolute atomic E-state index is 0.236. The van der Waals surface area contributed by atoms with Crippen LogP contribution >= 0.6 is 0 Å². The molecule has 1 aliphatic heterocycles. The molecule has 2 rings (SSSR count). The van der Waals surface area contributed by atoms with Gasteiger partial charge in [-0.3, -0.25) is 0 Å². The van der Waals surface area contributed by atoms with E-state index in [1.54, 1.807) is 0 Å². The molecule has 4 nitrogen and oxygen atoms in total. The van der Waals surface area contributed by atoms with Crippen molar-refractivity contribution >= 4 is 0 Å². The minimum atomic E-state index is -0.603. The SMILES string of the molecule is Cc1cccc(OCC(O)COCC2CO2)c1. The fourth-order valence-corrected chi connectivity index (χ4v) is 1.45. The van der Waals surface area contributed by atoms with E-state index in [0.717, 1.165) is 17.9 Å². The van der Waals surface area contributed by atoms with Crippen molar-refractivity contribution in [3.05, 3.63) is 29.8 Å². The number of ether oxygens (including phenoxy) is 3. The topological polar surface area (TPSA) is 51.2 Å². The molecule has 0 saturated carbocycles. The fraction of sp³-hybridized carbons (Fsp3) is 0.538. The molecule has 1 fully saturated rings. The standard InChI is InChI=1S/C13H18O4/c1-10-3-2-4-12(5-10)16-7-11(14)6-15-8-13-9-17-13/h2-5,11,13-14H,6-9H2,1H3. The normalized spacial score (nSPS) is 20.0. The summed E-state index contributed by atoms with van der Waals surface area (Å²) in [7, 11) is 0. The van der Waals surface area contributed by atoms with Crippen LogP contribution in [0.1, 0.15) is 5.56 Å². The van der Waals surface area contributed by atoms with Gasteiger partial charge in [0.2, 0.25) is 0 Å². The lowest BCUT2D eigenvalue weighted by atomic mass is 10.2. The second-order valence-electron chi connectivity index (χ2n) is 4.27. The van der Waals surface area contributed by atoms with Gasteiger partial charge in [-0.15, -0.1) is 0 Å². The number of hydrogen-bond donors (Lipinski definition) is 1. The molecule has 1 heterocycles. The van der Waals surface area contributed by atoms with Gasteiger partial charge in [0.25, 0.3) is 0 Å². The van der Waals surface area contributed by atoms with Gasteiger partial charge < -0.3 is 19.3 Å². The van der Waals surface area contributed by atoms with Gasteiger partial charge in [0, 0.05) is 0 Å². The van der Waals surface area contributed by atoms with Gasteiger partial charge in [-0.05, 0) is 24.6 Å². The lowest BCUT2D eigenvalue weighted by molar-refractivity contribution is 0.00760. The third-order valence-corrected chi connectivity index (χ3v) is 2.45. The summed E-state index contributed by atoms with van der Waals surface area (Å²) in [4.78, 5) is 0. The number of benzene rings is 1. The molecule has 1 N–H and O–H groups in total. The molecule has 17 heavy (non-hydrogen) atoms. The molecule has 1 aromatic carbocycles. The average Bonchev–Trinajstić information content (AvgIpc) is 3.11. The van der Waals surface area contributed by atoms with E-state index in [-0.39, 0.29) is 19.3 Å². The van der Waals surface area contributed by atoms with Crippen LogP contribution < -0.4 is 4.74 Å². The first-order valence-electron chi connectivity index (χ1n) is 5.81. The van der Waals surface area contributed by atoms with Crippen LogP contribution in [0.4, 0.5) is 0 Å². The van der Waals surface area contributed by atoms with Crippen molar-refractivity contribution in [2.45, 2.75) is 19.1 Å². The summed E-state index contributed by atoms with van der Waals surface area (Å²) in [6, 6.07) is 7.74. The van der Waals surface area contributed by atoms with Crippen LogP contribution in [0.25, 0.3) is 0 Å². The highest BCUT2D eigenvalue weighted by molar-refractivity contribution is 5.27. The molecule has 0 aromatic heterocycles. The lowest BCUT2D eigenvalue weighted by Crippen LogP contribution is -2.24. The molecular weight excluding hydrogens is 220 g/mol.